The molecule has 0 saturated carbocycles. The molecule has 0 atom stereocenters. The molecule has 0 amide bonds. The molecule has 0 fully saturated rings. The Morgan fingerprint density at radius 3 is 1.31 bits per heavy atom. The fourth-order valence-electron chi connectivity index (χ4n) is 3.67. The fraction of sp³-hybridized carbons (Fsp3) is 0.103. The number of hydrogen-bond donors (Lipinski definition) is 0. The predicted molar refractivity (Wildman–Crippen MR) is 134 cm³/mol. The van der Waals surface area contributed by atoms with Gasteiger partial charge in [-0.05, 0) is 59.7 Å². The number of carbonyl (C=O) groups excluding carboxylic acids is 2. The van der Waals surface area contributed by atoms with Crippen LogP contribution >= 0.6 is 0 Å². The van der Waals surface area contributed by atoms with Crippen LogP contribution in [0.1, 0.15) is 25.0 Å². The molecule has 0 heterocycles. The predicted octanol–water partition coefficient (Wildman–Crippen LogP) is 7.53. The van der Waals surface area contributed by atoms with Crippen LogP contribution in [-0.4, -0.2) is 12.2 Å². The zero-order valence-electron chi connectivity index (χ0n) is 19.3. The standard InChI is InChI=1S/C29H22N2O4/c1-29(2,21-11-15-23(16-12-21)34-27-9-5-3-7-25(27)30-19-32)22-13-17-24(18-14-22)35-28-10-6-4-8-26(28)31-20-33/h3-18H,1-2H3. The number of nitrogens with zero attached hydrogens (tertiary/aromatic N) is 2. The highest BCUT2D eigenvalue weighted by Gasteiger charge is 2.23. The lowest BCUT2D eigenvalue weighted by atomic mass is 9.78. The molecule has 0 radical (unpaired) electrons. The van der Waals surface area contributed by atoms with Crippen LogP contribution in [0.2, 0.25) is 0 Å². The van der Waals surface area contributed by atoms with Crippen molar-refractivity contribution in [2.45, 2.75) is 19.3 Å². The lowest BCUT2D eigenvalue weighted by Gasteiger charge is -2.26. The van der Waals surface area contributed by atoms with Crippen molar-refractivity contribution in [1.29, 1.82) is 0 Å². The SMILES string of the molecule is CC(C)(c1ccc(Oc2ccccc2N=C=O)cc1)c1ccc(Oc2ccccc2N=C=O)cc1. The molecule has 0 N–H and O–H groups in total. The zero-order valence-corrected chi connectivity index (χ0v) is 19.3. The summed E-state index contributed by atoms with van der Waals surface area (Å²) in [4.78, 5) is 28.7. The van der Waals surface area contributed by atoms with E-state index in [-0.39, 0.29) is 5.41 Å². The summed E-state index contributed by atoms with van der Waals surface area (Å²) in [5.41, 5.74) is 2.77. The Labute approximate surface area is 203 Å². The van der Waals surface area contributed by atoms with Gasteiger partial charge in [-0.3, -0.25) is 0 Å². The highest BCUT2D eigenvalue weighted by atomic mass is 16.5. The van der Waals surface area contributed by atoms with Gasteiger partial charge in [0.15, 0.2) is 11.5 Å². The molecule has 6 heteroatoms. The van der Waals surface area contributed by atoms with Crippen LogP contribution in [0.15, 0.2) is 107 Å². The number of hydrogen-bond acceptors (Lipinski definition) is 6. The van der Waals surface area contributed by atoms with Crippen molar-refractivity contribution in [3.05, 3.63) is 108 Å². The topological polar surface area (TPSA) is 77.3 Å². The summed E-state index contributed by atoms with van der Waals surface area (Å²) in [6.45, 7) is 4.28. The van der Waals surface area contributed by atoms with Crippen molar-refractivity contribution >= 4 is 23.5 Å². The van der Waals surface area contributed by atoms with Crippen LogP contribution in [0.4, 0.5) is 11.4 Å². The highest BCUT2D eigenvalue weighted by molar-refractivity contribution is 5.59. The second-order valence-corrected chi connectivity index (χ2v) is 8.22. The van der Waals surface area contributed by atoms with Gasteiger partial charge in [-0.25, -0.2) is 9.59 Å². The maximum absolute atomic E-state index is 10.6. The first kappa shape index (κ1) is 23.4. The summed E-state index contributed by atoms with van der Waals surface area (Å²) >= 11 is 0. The third-order valence-electron chi connectivity index (χ3n) is 5.67. The summed E-state index contributed by atoms with van der Waals surface area (Å²) in [6.07, 6.45) is 3.10. The van der Waals surface area contributed by atoms with Crippen LogP contribution in [-0.2, 0) is 15.0 Å². The molecule has 0 unspecified atom stereocenters. The Balaban J connectivity index is 1.51. The summed E-state index contributed by atoms with van der Waals surface area (Å²) in [5, 5.41) is 0. The van der Waals surface area contributed by atoms with Gasteiger partial charge in [-0.1, -0.05) is 62.4 Å². The Morgan fingerprint density at radius 2 is 0.943 bits per heavy atom. The van der Waals surface area contributed by atoms with E-state index in [9.17, 15) is 9.59 Å². The van der Waals surface area contributed by atoms with Gasteiger partial charge in [-0.15, -0.1) is 0 Å². The molecule has 0 spiro atoms. The van der Waals surface area contributed by atoms with E-state index in [0.29, 0.717) is 34.4 Å². The van der Waals surface area contributed by atoms with E-state index in [4.69, 9.17) is 9.47 Å². The summed E-state index contributed by atoms with van der Waals surface area (Å²) in [6, 6.07) is 29.7. The third kappa shape index (κ3) is 5.43. The molecule has 0 bridgehead atoms. The van der Waals surface area contributed by atoms with Crippen molar-refractivity contribution in [1.82, 2.24) is 0 Å². The maximum Gasteiger partial charge on any atom is 0.240 e. The number of rotatable bonds is 8. The van der Waals surface area contributed by atoms with Crippen LogP contribution < -0.4 is 9.47 Å². The quantitative estimate of drug-likeness (QED) is 0.200. The van der Waals surface area contributed by atoms with Gasteiger partial charge in [0.05, 0.1) is 0 Å². The van der Waals surface area contributed by atoms with E-state index in [1.54, 1.807) is 48.6 Å². The molecule has 0 aliphatic rings. The van der Waals surface area contributed by atoms with Crippen LogP contribution in [0.3, 0.4) is 0 Å². The van der Waals surface area contributed by atoms with E-state index in [1.165, 1.54) is 0 Å². The molecule has 35 heavy (non-hydrogen) atoms. The van der Waals surface area contributed by atoms with Crippen molar-refractivity contribution in [2.24, 2.45) is 9.98 Å². The Hall–Kier alpha value is -4.76. The molecule has 6 nitrogen and oxygen atoms in total. The Morgan fingerprint density at radius 1 is 0.571 bits per heavy atom. The first-order valence-electron chi connectivity index (χ1n) is 10.9. The smallest absolute Gasteiger partial charge is 0.240 e. The second-order valence-electron chi connectivity index (χ2n) is 8.22. The number of aliphatic imine (C=N–C) groups is 2. The molecule has 0 aliphatic carbocycles. The normalized spacial score (nSPS) is 10.6. The fourth-order valence-corrected chi connectivity index (χ4v) is 3.67. The largest absolute Gasteiger partial charge is 0.455 e. The second kappa shape index (κ2) is 10.4. The Bertz CT molecular complexity index is 1310. The average Bonchev–Trinajstić information content (AvgIpc) is 2.87. The number of ether oxygens (including phenoxy) is 2. The monoisotopic (exact) mass is 462 g/mol. The lowest BCUT2D eigenvalue weighted by Crippen LogP contribution is -2.18. The van der Waals surface area contributed by atoms with Crippen LogP contribution in [0.25, 0.3) is 0 Å². The van der Waals surface area contributed by atoms with E-state index >= 15 is 0 Å². The van der Waals surface area contributed by atoms with Crippen molar-refractivity contribution in [3.8, 4) is 23.0 Å². The van der Waals surface area contributed by atoms with Gasteiger partial charge in [0.1, 0.15) is 22.9 Å². The minimum absolute atomic E-state index is 0.281. The minimum atomic E-state index is -0.281. The van der Waals surface area contributed by atoms with Crippen LogP contribution in [0, 0.1) is 0 Å². The van der Waals surface area contributed by atoms with Crippen molar-refractivity contribution in [3.63, 3.8) is 0 Å². The van der Waals surface area contributed by atoms with Gasteiger partial charge < -0.3 is 9.47 Å². The molecule has 4 rings (SSSR count). The van der Waals surface area contributed by atoms with Gasteiger partial charge in [0, 0.05) is 5.41 Å². The van der Waals surface area contributed by atoms with Gasteiger partial charge >= 0.3 is 0 Å². The molecule has 4 aromatic carbocycles. The maximum atomic E-state index is 10.6. The lowest BCUT2D eigenvalue weighted by molar-refractivity contribution is 0.482. The van der Waals surface area contributed by atoms with Gasteiger partial charge in [-0.2, -0.15) is 9.98 Å². The van der Waals surface area contributed by atoms with Crippen molar-refractivity contribution in [2.75, 3.05) is 0 Å². The number of isocyanates is 2. The molecule has 0 aromatic heterocycles. The molecular formula is C29H22N2O4. The molecule has 0 aliphatic heterocycles. The zero-order chi connectivity index (χ0) is 24.7. The third-order valence-corrected chi connectivity index (χ3v) is 5.67. The average molecular weight is 463 g/mol. The summed E-state index contributed by atoms with van der Waals surface area (Å²) in [7, 11) is 0. The molecule has 172 valence electrons. The van der Waals surface area contributed by atoms with E-state index in [0.717, 1.165) is 11.1 Å². The number of para-hydroxylation sites is 4. The van der Waals surface area contributed by atoms with Crippen LogP contribution in [0.5, 0.6) is 23.0 Å². The molecule has 4 aromatic rings. The molecule has 0 saturated heterocycles. The van der Waals surface area contributed by atoms with E-state index in [2.05, 4.69) is 23.8 Å². The summed E-state index contributed by atoms with van der Waals surface area (Å²) in [5.74, 6) is 2.25. The highest BCUT2D eigenvalue weighted by Crippen LogP contribution is 2.37. The van der Waals surface area contributed by atoms with E-state index < -0.39 is 0 Å². The van der Waals surface area contributed by atoms with Crippen molar-refractivity contribution < 1.29 is 19.1 Å². The first-order valence-corrected chi connectivity index (χ1v) is 10.9. The first-order chi connectivity index (χ1) is 17.0. The van der Waals surface area contributed by atoms with Gasteiger partial charge in [0.2, 0.25) is 12.2 Å². The Kier molecular flexibility index (Phi) is 6.99. The number of benzene rings is 4. The molecular weight excluding hydrogens is 440 g/mol. The van der Waals surface area contributed by atoms with E-state index in [1.807, 2.05) is 60.7 Å². The van der Waals surface area contributed by atoms with Gasteiger partial charge in [0.25, 0.3) is 0 Å². The minimum Gasteiger partial charge on any atom is -0.455 e. The summed E-state index contributed by atoms with van der Waals surface area (Å²) < 4.78 is 11.8.